The molecule has 0 radical (unpaired) electrons. The summed E-state index contributed by atoms with van der Waals surface area (Å²) in [5, 5.41) is 12.3. The molecule has 0 aliphatic carbocycles. The first-order chi connectivity index (χ1) is 10.8. The second-order valence-electron chi connectivity index (χ2n) is 6.65. The molecule has 0 saturated carbocycles. The second kappa shape index (κ2) is 7.39. The summed E-state index contributed by atoms with van der Waals surface area (Å²) in [4.78, 5) is 14.0. The maximum Gasteiger partial charge on any atom is 0.407 e. The zero-order chi connectivity index (χ0) is 17.0. The molecule has 0 bridgehead atoms. The first kappa shape index (κ1) is 17.9. The molecule has 1 N–H and O–H groups in total. The minimum atomic E-state index is -0.479. The molecule has 2 rings (SSSR count). The quantitative estimate of drug-likeness (QED) is 0.732. The lowest BCUT2D eigenvalue weighted by Crippen LogP contribution is -2.46. The topological polar surface area (TPSA) is 65.4 Å². The summed E-state index contributed by atoms with van der Waals surface area (Å²) in [6.07, 6.45) is 1.33. The predicted octanol–water partition coefficient (Wildman–Crippen LogP) is 3.66. The highest BCUT2D eigenvalue weighted by Crippen LogP contribution is 2.27. The van der Waals surface area contributed by atoms with E-state index in [0.717, 1.165) is 40.8 Å². The van der Waals surface area contributed by atoms with Gasteiger partial charge in [-0.3, -0.25) is 0 Å². The lowest BCUT2D eigenvalue weighted by Gasteiger charge is -2.34. The zero-order valence-corrected chi connectivity index (χ0v) is 15.9. The Hall–Kier alpha value is -1.49. The monoisotopic (exact) mass is 427 g/mol. The number of halogens is 1. The fourth-order valence-corrected chi connectivity index (χ4v) is 3.23. The van der Waals surface area contributed by atoms with E-state index in [-0.39, 0.29) is 12.1 Å². The first-order valence-corrected chi connectivity index (χ1v) is 8.81. The van der Waals surface area contributed by atoms with E-state index in [0.29, 0.717) is 0 Å². The summed E-state index contributed by atoms with van der Waals surface area (Å²) in [7, 11) is 0. The molecule has 1 aromatic carbocycles. The Balaban J connectivity index is 1.93. The van der Waals surface area contributed by atoms with Crippen LogP contribution in [0.3, 0.4) is 0 Å². The number of benzene rings is 1. The molecular formula is C17H22IN3O2. The van der Waals surface area contributed by atoms with Gasteiger partial charge in [0, 0.05) is 22.7 Å². The number of nitriles is 1. The van der Waals surface area contributed by atoms with Gasteiger partial charge in [-0.2, -0.15) is 5.26 Å². The minimum absolute atomic E-state index is 0.120. The van der Waals surface area contributed by atoms with Gasteiger partial charge in [-0.25, -0.2) is 4.79 Å². The smallest absolute Gasteiger partial charge is 0.407 e. The van der Waals surface area contributed by atoms with Crippen LogP contribution in [0.4, 0.5) is 10.5 Å². The molecule has 0 unspecified atom stereocenters. The second-order valence-corrected chi connectivity index (χ2v) is 7.82. The predicted molar refractivity (Wildman–Crippen MR) is 98.5 cm³/mol. The van der Waals surface area contributed by atoms with Gasteiger partial charge < -0.3 is 15.0 Å². The van der Waals surface area contributed by atoms with Crippen molar-refractivity contribution in [1.82, 2.24) is 5.32 Å². The number of amides is 1. The number of piperidine rings is 1. The maximum atomic E-state index is 11.8. The number of anilines is 1. The Morgan fingerprint density at radius 3 is 2.61 bits per heavy atom. The average Bonchev–Trinajstić information content (AvgIpc) is 2.45. The van der Waals surface area contributed by atoms with Gasteiger partial charge >= 0.3 is 6.09 Å². The molecule has 1 fully saturated rings. The Labute approximate surface area is 151 Å². The van der Waals surface area contributed by atoms with E-state index in [9.17, 15) is 10.1 Å². The van der Waals surface area contributed by atoms with E-state index >= 15 is 0 Å². The number of rotatable bonds is 2. The Kier molecular flexibility index (Phi) is 5.74. The van der Waals surface area contributed by atoms with E-state index in [2.05, 4.69) is 38.9 Å². The highest BCUT2D eigenvalue weighted by molar-refractivity contribution is 14.1. The van der Waals surface area contributed by atoms with Crippen molar-refractivity contribution in [2.75, 3.05) is 18.0 Å². The molecular weight excluding hydrogens is 405 g/mol. The molecule has 1 aliphatic rings. The molecule has 124 valence electrons. The summed E-state index contributed by atoms with van der Waals surface area (Å²) in [6, 6.07) is 8.32. The number of nitrogens with zero attached hydrogens (tertiary/aromatic N) is 2. The lowest BCUT2D eigenvalue weighted by molar-refractivity contribution is 0.0497. The van der Waals surface area contributed by atoms with Crippen molar-refractivity contribution >= 4 is 34.4 Å². The van der Waals surface area contributed by atoms with Crippen molar-refractivity contribution in [2.45, 2.75) is 45.3 Å². The third-order valence-corrected chi connectivity index (χ3v) is 4.56. The third kappa shape index (κ3) is 4.99. The van der Waals surface area contributed by atoms with Crippen LogP contribution < -0.4 is 10.2 Å². The van der Waals surface area contributed by atoms with Crippen LogP contribution in [0.1, 0.15) is 39.2 Å². The van der Waals surface area contributed by atoms with Gasteiger partial charge in [-0.05, 0) is 68.3 Å². The van der Waals surface area contributed by atoms with Crippen LogP contribution in [0.25, 0.3) is 0 Å². The largest absolute Gasteiger partial charge is 0.444 e. The zero-order valence-electron chi connectivity index (χ0n) is 13.7. The van der Waals surface area contributed by atoms with Crippen molar-refractivity contribution in [1.29, 1.82) is 5.26 Å². The fraction of sp³-hybridized carbons (Fsp3) is 0.529. The van der Waals surface area contributed by atoms with E-state index in [1.54, 1.807) is 0 Å². The highest BCUT2D eigenvalue weighted by Gasteiger charge is 2.25. The van der Waals surface area contributed by atoms with Crippen molar-refractivity contribution < 1.29 is 9.53 Å². The molecule has 1 aromatic rings. The van der Waals surface area contributed by atoms with E-state index in [1.807, 2.05) is 39.0 Å². The summed E-state index contributed by atoms with van der Waals surface area (Å²) >= 11 is 2.19. The maximum absolute atomic E-state index is 11.8. The van der Waals surface area contributed by atoms with Crippen LogP contribution in [0.5, 0.6) is 0 Å². The Morgan fingerprint density at radius 1 is 1.39 bits per heavy atom. The number of nitrogens with one attached hydrogen (secondary N) is 1. The molecule has 1 aliphatic heterocycles. The highest BCUT2D eigenvalue weighted by atomic mass is 127. The van der Waals surface area contributed by atoms with Crippen molar-refractivity contribution in [3.8, 4) is 6.07 Å². The standard InChI is InChI=1S/C17H22IN3O2/c1-17(2,3)23-16(22)20-12-7-9-21(10-8-12)15-6-4-5-14(18)13(15)11-19/h4-6,12H,7-10H2,1-3H3,(H,20,22). The van der Waals surface area contributed by atoms with Crippen LogP contribution in [0.2, 0.25) is 0 Å². The Bertz CT molecular complexity index is 611. The van der Waals surface area contributed by atoms with Crippen molar-refractivity contribution in [2.24, 2.45) is 0 Å². The van der Waals surface area contributed by atoms with Crippen molar-refractivity contribution in [3.05, 3.63) is 27.3 Å². The lowest BCUT2D eigenvalue weighted by atomic mass is 10.0. The normalized spacial score (nSPS) is 15.9. The SMILES string of the molecule is CC(C)(C)OC(=O)NC1CCN(c2cccc(I)c2C#N)CC1. The van der Waals surface area contributed by atoms with Crippen LogP contribution in [-0.4, -0.2) is 30.8 Å². The summed E-state index contributed by atoms with van der Waals surface area (Å²) in [6.45, 7) is 7.20. The van der Waals surface area contributed by atoms with Gasteiger partial charge in [0.05, 0.1) is 11.3 Å². The molecule has 5 nitrogen and oxygen atoms in total. The van der Waals surface area contributed by atoms with E-state index < -0.39 is 5.60 Å². The molecule has 1 amide bonds. The molecule has 1 saturated heterocycles. The fourth-order valence-electron chi connectivity index (χ4n) is 2.63. The average molecular weight is 427 g/mol. The van der Waals surface area contributed by atoms with Gasteiger partial charge in [-0.15, -0.1) is 0 Å². The number of alkyl carbamates (subject to hydrolysis) is 1. The number of carbonyl (C=O) groups is 1. The Morgan fingerprint density at radius 2 is 2.04 bits per heavy atom. The van der Waals surface area contributed by atoms with Gasteiger partial charge in [0.1, 0.15) is 11.7 Å². The van der Waals surface area contributed by atoms with Crippen LogP contribution in [0.15, 0.2) is 18.2 Å². The minimum Gasteiger partial charge on any atom is -0.444 e. The summed E-state index contributed by atoms with van der Waals surface area (Å²) in [5.41, 5.74) is 1.23. The van der Waals surface area contributed by atoms with E-state index in [1.165, 1.54) is 0 Å². The molecule has 0 aromatic heterocycles. The summed E-state index contributed by atoms with van der Waals surface area (Å²) < 4.78 is 6.27. The van der Waals surface area contributed by atoms with E-state index in [4.69, 9.17) is 4.74 Å². The number of carbonyl (C=O) groups excluding carboxylic acids is 1. The van der Waals surface area contributed by atoms with Gasteiger partial charge in [0.2, 0.25) is 0 Å². The van der Waals surface area contributed by atoms with Gasteiger partial charge in [-0.1, -0.05) is 6.07 Å². The number of hydrogen-bond donors (Lipinski definition) is 1. The van der Waals surface area contributed by atoms with Gasteiger partial charge in [0.15, 0.2) is 0 Å². The number of ether oxygens (including phenoxy) is 1. The molecule has 1 heterocycles. The van der Waals surface area contributed by atoms with Crippen molar-refractivity contribution in [3.63, 3.8) is 0 Å². The molecule has 6 heteroatoms. The third-order valence-electron chi connectivity index (χ3n) is 3.66. The number of hydrogen-bond acceptors (Lipinski definition) is 4. The van der Waals surface area contributed by atoms with Crippen LogP contribution in [-0.2, 0) is 4.74 Å². The first-order valence-electron chi connectivity index (χ1n) is 7.73. The van der Waals surface area contributed by atoms with Gasteiger partial charge in [0.25, 0.3) is 0 Å². The molecule has 23 heavy (non-hydrogen) atoms. The molecule has 0 spiro atoms. The molecule has 0 atom stereocenters. The van der Waals surface area contributed by atoms with Crippen LogP contribution >= 0.6 is 22.6 Å². The summed E-state index contributed by atoms with van der Waals surface area (Å²) in [5.74, 6) is 0. The van der Waals surface area contributed by atoms with Crippen LogP contribution in [0, 0.1) is 14.9 Å².